The average molecular weight is 412 g/mol. The average Bonchev–Trinajstić information content (AvgIpc) is 2.91. The van der Waals surface area contributed by atoms with Gasteiger partial charge in [-0.1, -0.05) is 0 Å². The number of aliphatic hydroxyl groups is 2. The van der Waals surface area contributed by atoms with Crippen molar-refractivity contribution >= 4 is 17.7 Å². The Morgan fingerprint density at radius 3 is 2.66 bits per heavy atom. The summed E-state index contributed by atoms with van der Waals surface area (Å²) in [5.74, 6) is -6.33. The maximum Gasteiger partial charge on any atom is 0.351 e. The van der Waals surface area contributed by atoms with E-state index in [-0.39, 0.29) is 17.1 Å². The molecule has 2 aromatic rings. The summed E-state index contributed by atoms with van der Waals surface area (Å²) < 4.78 is 33.5. The second-order valence-corrected chi connectivity index (χ2v) is 6.02. The number of carboxylic acids is 1. The Morgan fingerprint density at radius 2 is 2.07 bits per heavy atom. The van der Waals surface area contributed by atoms with Gasteiger partial charge < -0.3 is 25.4 Å². The standard InChI is InChI=1S/C16H14F2N4O7/c17-16(18)11(24)9(6-23)29-14(16)22-4-2-10(21-15(22)28)20-12(25)8-5-7(13(26)27)1-3-19-8/h1-5,9,11,14,23-24H,6H2,(H,26,27)(H,20,21,25,28). The lowest BCUT2D eigenvalue weighted by Crippen LogP contribution is -2.41. The Kier molecular flexibility index (Phi) is 5.37. The molecule has 154 valence electrons. The van der Waals surface area contributed by atoms with Gasteiger partial charge in [-0.15, -0.1) is 0 Å². The summed E-state index contributed by atoms with van der Waals surface area (Å²) >= 11 is 0. The van der Waals surface area contributed by atoms with Gasteiger partial charge in [0.05, 0.1) is 12.2 Å². The quantitative estimate of drug-likeness (QED) is 0.505. The molecule has 0 aliphatic carbocycles. The van der Waals surface area contributed by atoms with E-state index in [2.05, 4.69) is 15.3 Å². The van der Waals surface area contributed by atoms with E-state index in [1.165, 1.54) is 6.07 Å². The van der Waals surface area contributed by atoms with Gasteiger partial charge in [0.25, 0.3) is 5.91 Å². The topological polar surface area (TPSA) is 164 Å². The highest BCUT2D eigenvalue weighted by Gasteiger charge is 2.59. The monoisotopic (exact) mass is 412 g/mol. The van der Waals surface area contributed by atoms with Crippen molar-refractivity contribution in [1.29, 1.82) is 0 Å². The molecule has 4 N–H and O–H groups in total. The number of aromatic nitrogens is 3. The number of ether oxygens (including phenoxy) is 1. The van der Waals surface area contributed by atoms with Crippen molar-refractivity contribution in [2.75, 3.05) is 11.9 Å². The fourth-order valence-corrected chi connectivity index (χ4v) is 2.65. The number of anilines is 1. The predicted octanol–water partition coefficient (Wildman–Crippen LogP) is -0.525. The molecule has 1 aliphatic heterocycles. The van der Waals surface area contributed by atoms with E-state index >= 15 is 0 Å². The molecule has 3 atom stereocenters. The van der Waals surface area contributed by atoms with Gasteiger partial charge in [-0.2, -0.15) is 13.8 Å². The van der Waals surface area contributed by atoms with Crippen molar-refractivity contribution in [1.82, 2.24) is 14.5 Å². The van der Waals surface area contributed by atoms with Gasteiger partial charge in [0, 0.05) is 12.4 Å². The molecule has 1 fully saturated rings. The molecule has 1 saturated heterocycles. The van der Waals surface area contributed by atoms with Crippen molar-refractivity contribution in [3.63, 3.8) is 0 Å². The van der Waals surface area contributed by atoms with Crippen molar-refractivity contribution in [3.8, 4) is 0 Å². The maximum atomic E-state index is 14.1. The van der Waals surface area contributed by atoms with E-state index < -0.39 is 48.5 Å². The van der Waals surface area contributed by atoms with Crippen LogP contribution in [0.2, 0.25) is 0 Å². The highest BCUT2D eigenvalue weighted by Crippen LogP contribution is 2.41. The summed E-state index contributed by atoms with van der Waals surface area (Å²) in [7, 11) is 0. The third-order valence-corrected chi connectivity index (χ3v) is 4.12. The van der Waals surface area contributed by atoms with Gasteiger partial charge >= 0.3 is 17.6 Å². The molecule has 0 aromatic carbocycles. The summed E-state index contributed by atoms with van der Waals surface area (Å²) in [6.07, 6.45) is -4.14. The van der Waals surface area contributed by atoms with Gasteiger partial charge in [-0.3, -0.25) is 14.3 Å². The highest BCUT2D eigenvalue weighted by atomic mass is 19.3. The zero-order valence-electron chi connectivity index (χ0n) is 14.4. The molecular weight excluding hydrogens is 398 g/mol. The Bertz CT molecular complexity index is 1010. The van der Waals surface area contributed by atoms with Crippen molar-refractivity contribution in [2.24, 2.45) is 0 Å². The Morgan fingerprint density at radius 1 is 1.34 bits per heavy atom. The number of rotatable bonds is 5. The molecule has 1 aliphatic rings. The normalized spacial score (nSPS) is 23.0. The molecule has 13 heteroatoms. The molecule has 2 aromatic heterocycles. The molecule has 1 amide bonds. The number of halogens is 2. The number of carbonyl (C=O) groups excluding carboxylic acids is 1. The molecule has 11 nitrogen and oxygen atoms in total. The molecule has 3 heterocycles. The Balaban J connectivity index is 1.82. The second-order valence-electron chi connectivity index (χ2n) is 6.02. The third-order valence-electron chi connectivity index (χ3n) is 4.12. The van der Waals surface area contributed by atoms with E-state index in [0.29, 0.717) is 4.57 Å². The first-order valence-electron chi connectivity index (χ1n) is 8.07. The molecule has 3 unspecified atom stereocenters. The summed E-state index contributed by atoms with van der Waals surface area (Å²) in [5, 5.41) is 29.6. The van der Waals surface area contributed by atoms with Crippen molar-refractivity contribution in [2.45, 2.75) is 24.4 Å². The van der Waals surface area contributed by atoms with Crippen LogP contribution < -0.4 is 11.0 Å². The minimum Gasteiger partial charge on any atom is -0.478 e. The Hall–Kier alpha value is -3.29. The van der Waals surface area contributed by atoms with Crippen LogP contribution in [-0.4, -0.2) is 66.5 Å². The second kappa shape index (κ2) is 7.62. The van der Waals surface area contributed by atoms with Crippen LogP contribution in [-0.2, 0) is 4.74 Å². The number of pyridine rings is 1. The van der Waals surface area contributed by atoms with Crippen LogP contribution in [0, 0.1) is 0 Å². The van der Waals surface area contributed by atoms with E-state index in [9.17, 15) is 28.3 Å². The minimum atomic E-state index is -3.87. The zero-order chi connectivity index (χ0) is 21.3. The number of hydrogen-bond donors (Lipinski definition) is 4. The third kappa shape index (κ3) is 3.83. The fourth-order valence-electron chi connectivity index (χ4n) is 2.65. The number of nitrogens with zero attached hydrogens (tertiary/aromatic N) is 3. The number of amides is 1. The molecule has 0 radical (unpaired) electrons. The maximum absolute atomic E-state index is 14.1. The van der Waals surface area contributed by atoms with Crippen molar-refractivity contribution in [3.05, 3.63) is 52.3 Å². The lowest BCUT2D eigenvalue weighted by Gasteiger charge is -2.21. The van der Waals surface area contributed by atoms with Gasteiger partial charge in [0.15, 0.2) is 6.10 Å². The molecular formula is C16H14F2N4O7. The first kappa shape index (κ1) is 20.4. The summed E-state index contributed by atoms with van der Waals surface area (Å²) in [5.41, 5.74) is -1.67. The van der Waals surface area contributed by atoms with Crippen LogP contribution in [0.15, 0.2) is 35.4 Å². The summed E-state index contributed by atoms with van der Waals surface area (Å²) in [4.78, 5) is 42.4. The Labute approximate surface area is 160 Å². The number of carbonyl (C=O) groups is 2. The van der Waals surface area contributed by atoms with Gasteiger partial charge in [-0.25, -0.2) is 9.59 Å². The highest BCUT2D eigenvalue weighted by molar-refractivity contribution is 6.03. The smallest absolute Gasteiger partial charge is 0.351 e. The molecule has 29 heavy (non-hydrogen) atoms. The molecule has 0 spiro atoms. The number of aliphatic hydroxyl groups excluding tert-OH is 2. The SMILES string of the molecule is O=C(O)c1ccnc(C(=O)Nc2ccn(C3OC(CO)C(O)C3(F)F)c(=O)n2)c1. The number of carboxylic acid groups (broad SMARTS) is 1. The predicted molar refractivity (Wildman–Crippen MR) is 89.6 cm³/mol. The van der Waals surface area contributed by atoms with Gasteiger partial charge in [0.1, 0.15) is 17.6 Å². The van der Waals surface area contributed by atoms with E-state index in [1.54, 1.807) is 0 Å². The van der Waals surface area contributed by atoms with E-state index in [0.717, 1.165) is 24.5 Å². The first-order valence-corrected chi connectivity index (χ1v) is 8.07. The minimum absolute atomic E-state index is 0.189. The van der Waals surface area contributed by atoms with Crippen LogP contribution in [0.5, 0.6) is 0 Å². The lowest BCUT2D eigenvalue weighted by molar-refractivity contribution is -0.140. The zero-order valence-corrected chi connectivity index (χ0v) is 14.4. The van der Waals surface area contributed by atoms with Crippen molar-refractivity contribution < 1.29 is 38.4 Å². The van der Waals surface area contributed by atoms with Crippen LogP contribution >= 0.6 is 0 Å². The van der Waals surface area contributed by atoms with E-state index in [4.69, 9.17) is 14.9 Å². The summed E-state index contributed by atoms with van der Waals surface area (Å²) in [6.45, 7) is -0.883. The lowest BCUT2D eigenvalue weighted by atomic mass is 10.1. The van der Waals surface area contributed by atoms with Gasteiger partial charge in [-0.05, 0) is 18.2 Å². The molecule has 3 rings (SSSR count). The number of nitrogens with one attached hydrogen (secondary N) is 1. The van der Waals surface area contributed by atoms with Crippen LogP contribution in [0.25, 0.3) is 0 Å². The largest absolute Gasteiger partial charge is 0.478 e. The first-order chi connectivity index (χ1) is 13.6. The number of hydrogen-bond acceptors (Lipinski definition) is 8. The molecule has 0 saturated carbocycles. The summed E-state index contributed by atoms with van der Waals surface area (Å²) in [6, 6.07) is 3.20. The van der Waals surface area contributed by atoms with Crippen LogP contribution in [0.1, 0.15) is 27.1 Å². The fraction of sp³-hybridized carbons (Fsp3) is 0.312. The molecule has 0 bridgehead atoms. The van der Waals surface area contributed by atoms with Crippen LogP contribution in [0.3, 0.4) is 0 Å². The number of alkyl halides is 2. The van der Waals surface area contributed by atoms with Crippen LogP contribution in [0.4, 0.5) is 14.6 Å². The number of aromatic carboxylic acids is 1. The van der Waals surface area contributed by atoms with Gasteiger partial charge in [0.2, 0.25) is 6.23 Å². The van der Waals surface area contributed by atoms with E-state index in [1.807, 2.05) is 0 Å².